The van der Waals surface area contributed by atoms with Crippen LogP contribution in [0.15, 0.2) is 73.1 Å². The monoisotopic (exact) mass is 1000 g/mol. The van der Waals surface area contributed by atoms with Crippen molar-refractivity contribution in [1.82, 2.24) is 41.5 Å². The quantitative estimate of drug-likeness (QED) is 0.0203. The van der Waals surface area contributed by atoms with Gasteiger partial charge in [-0.25, -0.2) is 14.8 Å². The first kappa shape index (κ1) is 56.1. The Morgan fingerprint density at radius 3 is 1.96 bits per heavy atom. The molecule has 0 bridgehead atoms. The Bertz CT molecular complexity index is 2130. The number of aryl methyl sites for hydroxylation is 1. The van der Waals surface area contributed by atoms with Crippen LogP contribution in [-0.4, -0.2) is 147 Å². The number of hydrogen-bond donors (Lipinski definition) is 8. The van der Waals surface area contributed by atoms with Crippen molar-refractivity contribution in [1.29, 1.82) is 0 Å². The van der Waals surface area contributed by atoms with Crippen molar-refractivity contribution in [2.75, 3.05) is 101 Å². The van der Waals surface area contributed by atoms with Crippen LogP contribution >= 0.6 is 11.8 Å². The predicted molar refractivity (Wildman–Crippen MR) is 279 cm³/mol. The Labute approximate surface area is 422 Å². The first-order valence-corrected chi connectivity index (χ1v) is 26.1. The first-order chi connectivity index (χ1) is 34.6. The number of carbonyl (C=O) groups excluding carboxylic acids is 5. The van der Waals surface area contributed by atoms with Crippen LogP contribution in [0.25, 0.3) is 0 Å². The van der Waals surface area contributed by atoms with Gasteiger partial charge in [-0.05, 0) is 101 Å². The molecule has 0 radical (unpaired) electrons. The van der Waals surface area contributed by atoms with Crippen molar-refractivity contribution in [2.45, 2.75) is 94.9 Å². The summed E-state index contributed by atoms with van der Waals surface area (Å²) in [6.07, 6.45) is 12.4. The second kappa shape index (κ2) is 33.0. The number of urea groups is 1. The van der Waals surface area contributed by atoms with E-state index >= 15 is 0 Å². The van der Waals surface area contributed by atoms with Crippen LogP contribution in [0.2, 0.25) is 0 Å². The average molecular weight is 1000 g/mol. The Morgan fingerprint density at radius 2 is 1.30 bits per heavy atom. The van der Waals surface area contributed by atoms with Gasteiger partial charge in [-0.15, -0.1) is 0 Å². The SMILES string of the molecule is Cc1cccc(Nc2cc(Nc3cccc(NC(=O)/C=C/CN(C)CCCCNC(=O)CCCC(=O)NCCCOCCOCCOCCCNC(=O)CCCC[C@@H]4SC[C@@H]5NC(=O)N[C@@H]54)c3)ncn2)c1. The highest BCUT2D eigenvalue weighted by Gasteiger charge is 2.42. The van der Waals surface area contributed by atoms with Gasteiger partial charge in [0, 0.05) is 98.9 Å². The van der Waals surface area contributed by atoms with Gasteiger partial charge in [0.05, 0.1) is 38.5 Å². The molecule has 19 nitrogen and oxygen atoms in total. The van der Waals surface area contributed by atoms with Gasteiger partial charge < -0.3 is 61.6 Å². The lowest BCUT2D eigenvalue weighted by Gasteiger charge is -2.16. The van der Waals surface area contributed by atoms with Gasteiger partial charge in [-0.1, -0.05) is 30.7 Å². The molecule has 388 valence electrons. The van der Waals surface area contributed by atoms with Gasteiger partial charge in [-0.2, -0.15) is 11.8 Å². The number of ether oxygens (including phenoxy) is 3. The largest absolute Gasteiger partial charge is 0.379 e. The molecule has 3 aromatic rings. The van der Waals surface area contributed by atoms with E-state index in [0.717, 1.165) is 67.8 Å². The van der Waals surface area contributed by atoms with E-state index in [0.29, 0.717) is 120 Å². The number of hydrogen-bond acceptors (Lipinski definition) is 14. The third-order valence-corrected chi connectivity index (χ3v) is 13.1. The molecular formula is C51H75N11O8S. The molecule has 2 aliphatic rings. The Morgan fingerprint density at radius 1 is 0.704 bits per heavy atom. The molecule has 2 saturated heterocycles. The van der Waals surface area contributed by atoms with Crippen LogP contribution in [0, 0.1) is 6.92 Å². The van der Waals surface area contributed by atoms with Gasteiger partial charge in [0.25, 0.3) is 0 Å². The third kappa shape index (κ3) is 23.8. The number of likely N-dealkylation sites (N-methyl/N-ethyl adjacent to an activating group) is 1. The summed E-state index contributed by atoms with van der Waals surface area (Å²) in [6.45, 7) is 8.02. The van der Waals surface area contributed by atoms with E-state index in [1.807, 2.05) is 86.4 Å². The first-order valence-electron chi connectivity index (χ1n) is 25.0. The highest BCUT2D eigenvalue weighted by molar-refractivity contribution is 8.00. The lowest BCUT2D eigenvalue weighted by molar-refractivity contribution is -0.123. The Kier molecular flexibility index (Phi) is 26.1. The number of carbonyl (C=O) groups is 5. The second-order valence-electron chi connectivity index (χ2n) is 17.7. The van der Waals surface area contributed by atoms with E-state index in [1.165, 1.54) is 12.4 Å². The molecular weight excluding hydrogens is 927 g/mol. The minimum absolute atomic E-state index is 0.0603. The normalized spacial score (nSPS) is 16.0. The summed E-state index contributed by atoms with van der Waals surface area (Å²) in [7, 11) is 1.99. The number of benzene rings is 2. The fourth-order valence-electron chi connectivity index (χ4n) is 7.83. The lowest BCUT2D eigenvalue weighted by Crippen LogP contribution is -2.36. The molecule has 3 atom stereocenters. The number of nitrogens with zero attached hydrogens (tertiary/aromatic N) is 3. The summed E-state index contributed by atoms with van der Waals surface area (Å²) in [4.78, 5) is 71.5. The summed E-state index contributed by atoms with van der Waals surface area (Å²) in [5.74, 6) is 1.92. The molecule has 6 amide bonds. The molecule has 2 aliphatic heterocycles. The van der Waals surface area contributed by atoms with Crippen LogP contribution in [0.4, 0.5) is 33.5 Å². The maximum Gasteiger partial charge on any atom is 0.315 e. The summed E-state index contributed by atoms with van der Waals surface area (Å²) in [5, 5.41) is 24.6. The van der Waals surface area contributed by atoms with E-state index in [1.54, 1.807) is 0 Å². The average Bonchev–Trinajstić information content (AvgIpc) is 3.90. The molecule has 2 aromatic carbocycles. The molecule has 5 rings (SSSR count). The highest BCUT2D eigenvalue weighted by atomic mass is 32.2. The second-order valence-corrected chi connectivity index (χ2v) is 18.9. The Hall–Kier alpha value is -5.80. The molecule has 20 heteroatoms. The highest BCUT2D eigenvalue weighted by Crippen LogP contribution is 2.33. The zero-order valence-corrected chi connectivity index (χ0v) is 42.3. The van der Waals surface area contributed by atoms with Crippen molar-refractivity contribution in [3.05, 3.63) is 78.6 Å². The van der Waals surface area contributed by atoms with Crippen molar-refractivity contribution in [3.63, 3.8) is 0 Å². The summed E-state index contributed by atoms with van der Waals surface area (Å²) in [6, 6.07) is 17.6. The van der Waals surface area contributed by atoms with Crippen molar-refractivity contribution >= 4 is 70.1 Å². The number of aromatic nitrogens is 2. The van der Waals surface area contributed by atoms with Gasteiger partial charge in [0.1, 0.15) is 18.0 Å². The molecule has 0 saturated carbocycles. The van der Waals surface area contributed by atoms with E-state index < -0.39 is 0 Å². The van der Waals surface area contributed by atoms with Crippen molar-refractivity contribution < 1.29 is 38.2 Å². The fourth-order valence-corrected chi connectivity index (χ4v) is 9.38. The molecule has 71 heavy (non-hydrogen) atoms. The summed E-state index contributed by atoms with van der Waals surface area (Å²) < 4.78 is 16.7. The fraction of sp³-hybridized carbons (Fsp3) is 0.549. The number of unbranched alkanes of at least 4 members (excludes halogenated alkanes) is 2. The van der Waals surface area contributed by atoms with Crippen LogP contribution in [0.3, 0.4) is 0 Å². The van der Waals surface area contributed by atoms with Crippen LogP contribution in [0.5, 0.6) is 0 Å². The number of amides is 6. The van der Waals surface area contributed by atoms with Gasteiger partial charge in [0.15, 0.2) is 0 Å². The maximum absolute atomic E-state index is 12.6. The number of thioether (sulfide) groups is 1. The van der Waals surface area contributed by atoms with Crippen LogP contribution in [-0.2, 0) is 33.4 Å². The zero-order valence-electron chi connectivity index (χ0n) is 41.4. The standard InChI is InChI=1S/C51H75N11O8S/c1-38-13-7-14-39(33-38)57-44-35-45(56-37-55-44)58-40-15-8-16-41(34-40)59-49(66)21-10-26-62(2)25-6-5-22-52-47(64)19-9-20-48(65)54-24-12-28-69-30-32-70-31-29-68-27-11-23-53-46(63)18-4-3-17-43-50-42(36-71-43)60-51(67)61-50/h7-8,10,13-16,21,33-35,37,42-43,50H,3-6,9,11-12,17-20,22-32,36H2,1-2H3,(H,52,64)(H,53,63)(H,54,65)(H,59,66)(H2,60,61,67)(H2,55,56,57,58)/b21-10+/t42-,43-,50-/m0/s1. The molecule has 0 unspecified atom stereocenters. The van der Waals surface area contributed by atoms with E-state index in [4.69, 9.17) is 14.2 Å². The minimum Gasteiger partial charge on any atom is -0.379 e. The third-order valence-electron chi connectivity index (χ3n) is 11.5. The molecule has 0 spiro atoms. The summed E-state index contributed by atoms with van der Waals surface area (Å²) in [5.41, 5.74) is 3.50. The minimum atomic E-state index is -0.227. The number of fused-ring (bicyclic) bond motifs is 1. The van der Waals surface area contributed by atoms with E-state index in [9.17, 15) is 24.0 Å². The molecule has 1 aromatic heterocycles. The zero-order chi connectivity index (χ0) is 50.3. The maximum atomic E-state index is 12.6. The number of rotatable bonds is 36. The summed E-state index contributed by atoms with van der Waals surface area (Å²) >= 11 is 1.90. The number of nitrogens with one attached hydrogen (secondary N) is 8. The molecule has 8 N–H and O–H groups in total. The van der Waals surface area contributed by atoms with Gasteiger partial charge >= 0.3 is 6.03 Å². The molecule has 2 fully saturated rings. The predicted octanol–water partition coefficient (Wildman–Crippen LogP) is 5.55. The van der Waals surface area contributed by atoms with Crippen LogP contribution < -0.4 is 42.5 Å². The molecule has 3 heterocycles. The number of anilines is 5. The lowest BCUT2D eigenvalue weighted by atomic mass is 10.0. The van der Waals surface area contributed by atoms with Gasteiger partial charge in [0.2, 0.25) is 23.6 Å². The van der Waals surface area contributed by atoms with E-state index in [2.05, 4.69) is 57.4 Å². The van der Waals surface area contributed by atoms with Crippen LogP contribution in [0.1, 0.15) is 76.2 Å². The smallest absolute Gasteiger partial charge is 0.315 e. The molecule has 0 aliphatic carbocycles. The van der Waals surface area contributed by atoms with Crippen molar-refractivity contribution in [3.8, 4) is 0 Å². The van der Waals surface area contributed by atoms with Gasteiger partial charge in [-0.3, -0.25) is 19.2 Å². The van der Waals surface area contributed by atoms with E-state index in [-0.39, 0.29) is 41.7 Å². The topological polar surface area (TPSA) is 238 Å². The van der Waals surface area contributed by atoms with Crippen molar-refractivity contribution in [2.24, 2.45) is 0 Å². The Balaban J connectivity index is 0.747.